The lowest BCUT2D eigenvalue weighted by atomic mass is 10.1. The van der Waals surface area contributed by atoms with Gasteiger partial charge in [0.25, 0.3) is 5.91 Å². The second-order valence-electron chi connectivity index (χ2n) is 7.34. The van der Waals surface area contributed by atoms with Crippen molar-refractivity contribution in [3.8, 4) is 0 Å². The molecule has 12 heteroatoms. The lowest BCUT2D eigenvalue weighted by Gasteiger charge is -2.27. The van der Waals surface area contributed by atoms with E-state index in [2.05, 4.69) is 5.32 Å². The van der Waals surface area contributed by atoms with Crippen molar-refractivity contribution in [3.63, 3.8) is 0 Å². The third-order valence-corrected chi connectivity index (χ3v) is 6.02. The topological polar surface area (TPSA) is 96.0 Å². The van der Waals surface area contributed by atoms with Gasteiger partial charge in [-0.3, -0.25) is 13.9 Å². The molecular weight excluding hydrogens is 463 g/mol. The van der Waals surface area contributed by atoms with E-state index in [1.807, 2.05) is 0 Å². The van der Waals surface area contributed by atoms with Crippen LogP contribution in [0.4, 0.5) is 24.5 Å². The summed E-state index contributed by atoms with van der Waals surface area (Å²) in [6, 6.07) is 9.57. The molecular formula is C21H22F3N3O5S. The first kappa shape index (κ1) is 24.5. The molecule has 2 amide bonds. The Hall–Kier alpha value is -3.12. The molecule has 0 aromatic heterocycles. The summed E-state index contributed by atoms with van der Waals surface area (Å²) in [7, 11) is -3.87. The summed E-state index contributed by atoms with van der Waals surface area (Å²) in [5.74, 6) is -0.954. The number of nitrogens with zero attached hydrogens (tertiary/aromatic N) is 2. The van der Waals surface area contributed by atoms with Gasteiger partial charge in [0.2, 0.25) is 15.9 Å². The molecule has 1 fully saturated rings. The molecule has 8 nitrogen and oxygen atoms in total. The number of carbonyl (C=O) groups excluding carboxylic acids is 2. The fourth-order valence-corrected chi connectivity index (χ4v) is 4.05. The van der Waals surface area contributed by atoms with Gasteiger partial charge in [0.05, 0.1) is 30.7 Å². The summed E-state index contributed by atoms with van der Waals surface area (Å²) < 4.78 is 68.6. The molecule has 0 saturated carbocycles. The van der Waals surface area contributed by atoms with Crippen LogP contribution in [0.15, 0.2) is 48.5 Å². The Labute approximate surface area is 189 Å². The first-order valence-corrected chi connectivity index (χ1v) is 11.7. The highest BCUT2D eigenvalue weighted by atomic mass is 32.2. The average molecular weight is 485 g/mol. The van der Waals surface area contributed by atoms with Crippen LogP contribution in [0, 0.1) is 0 Å². The Bertz CT molecular complexity index is 1100. The zero-order valence-electron chi connectivity index (χ0n) is 17.6. The molecule has 0 radical (unpaired) electrons. The van der Waals surface area contributed by atoms with Gasteiger partial charge in [0.15, 0.2) is 0 Å². The molecule has 3 rings (SSSR count). The van der Waals surface area contributed by atoms with Crippen LogP contribution in [-0.4, -0.2) is 64.2 Å². The molecule has 1 saturated heterocycles. The predicted octanol–water partition coefficient (Wildman–Crippen LogP) is 2.58. The van der Waals surface area contributed by atoms with Gasteiger partial charge in [-0.25, -0.2) is 8.42 Å². The fraction of sp³-hybridized carbons (Fsp3) is 0.333. The number of nitrogens with one attached hydrogen (secondary N) is 1. The van der Waals surface area contributed by atoms with Crippen molar-refractivity contribution in [2.75, 3.05) is 48.7 Å². The normalized spacial score (nSPS) is 14.6. The molecule has 0 aliphatic carbocycles. The number of halogens is 3. The molecule has 178 valence electrons. The van der Waals surface area contributed by atoms with Crippen LogP contribution in [0.1, 0.15) is 15.9 Å². The molecule has 1 aliphatic rings. The Morgan fingerprint density at radius 1 is 1.03 bits per heavy atom. The number of sulfonamides is 1. The summed E-state index contributed by atoms with van der Waals surface area (Å²) in [6.07, 6.45) is -3.59. The maximum atomic E-state index is 12.7. The highest BCUT2D eigenvalue weighted by Gasteiger charge is 2.30. The van der Waals surface area contributed by atoms with Gasteiger partial charge in [0, 0.05) is 24.3 Å². The standard InChI is InChI=1S/C21H22F3N3O5S/c1-33(30,31)27(14-19(28)25-17-6-4-16(5-7-17)21(22,23)24)18-8-2-15(3-9-18)20(29)26-10-12-32-13-11-26/h2-9H,10-14H2,1H3,(H,25,28). The Kier molecular flexibility index (Phi) is 7.28. The van der Waals surface area contributed by atoms with E-state index in [9.17, 15) is 31.2 Å². The highest BCUT2D eigenvalue weighted by molar-refractivity contribution is 7.92. The van der Waals surface area contributed by atoms with Crippen LogP contribution >= 0.6 is 0 Å². The van der Waals surface area contributed by atoms with Gasteiger partial charge in [-0.1, -0.05) is 0 Å². The van der Waals surface area contributed by atoms with Crippen LogP contribution in [0.2, 0.25) is 0 Å². The van der Waals surface area contributed by atoms with Crippen molar-refractivity contribution >= 4 is 33.2 Å². The second kappa shape index (κ2) is 9.79. The van der Waals surface area contributed by atoms with E-state index in [1.165, 1.54) is 24.3 Å². The van der Waals surface area contributed by atoms with Crippen LogP contribution in [-0.2, 0) is 25.7 Å². The Morgan fingerprint density at radius 3 is 2.12 bits per heavy atom. The highest BCUT2D eigenvalue weighted by Crippen LogP contribution is 2.29. The van der Waals surface area contributed by atoms with Gasteiger partial charge >= 0.3 is 6.18 Å². The van der Waals surface area contributed by atoms with Crippen molar-refractivity contribution in [1.29, 1.82) is 0 Å². The number of hydrogen-bond donors (Lipinski definition) is 1. The minimum Gasteiger partial charge on any atom is -0.378 e. The van der Waals surface area contributed by atoms with Crippen molar-refractivity contribution in [2.24, 2.45) is 0 Å². The minimum atomic E-state index is -4.51. The monoisotopic (exact) mass is 485 g/mol. The smallest absolute Gasteiger partial charge is 0.378 e. The molecule has 0 bridgehead atoms. The predicted molar refractivity (Wildman–Crippen MR) is 115 cm³/mol. The number of rotatable bonds is 6. The van der Waals surface area contributed by atoms with Crippen molar-refractivity contribution in [1.82, 2.24) is 4.90 Å². The van der Waals surface area contributed by atoms with Crippen LogP contribution in [0.3, 0.4) is 0 Å². The summed E-state index contributed by atoms with van der Waals surface area (Å²) in [4.78, 5) is 26.6. The van der Waals surface area contributed by atoms with E-state index in [-0.39, 0.29) is 17.3 Å². The molecule has 1 aliphatic heterocycles. The van der Waals surface area contributed by atoms with Gasteiger partial charge < -0.3 is 15.0 Å². The van der Waals surface area contributed by atoms with E-state index >= 15 is 0 Å². The molecule has 1 N–H and O–H groups in total. The van der Waals surface area contributed by atoms with Crippen molar-refractivity contribution in [2.45, 2.75) is 6.18 Å². The lowest BCUT2D eigenvalue weighted by Crippen LogP contribution is -2.40. The largest absolute Gasteiger partial charge is 0.416 e. The van der Waals surface area contributed by atoms with E-state index in [0.29, 0.717) is 31.9 Å². The van der Waals surface area contributed by atoms with Gasteiger partial charge in [-0.15, -0.1) is 0 Å². The quantitative estimate of drug-likeness (QED) is 0.679. The molecule has 33 heavy (non-hydrogen) atoms. The summed E-state index contributed by atoms with van der Waals surface area (Å²) in [5, 5.41) is 2.38. The average Bonchev–Trinajstić information content (AvgIpc) is 2.77. The number of benzene rings is 2. The SMILES string of the molecule is CS(=O)(=O)N(CC(=O)Nc1ccc(C(F)(F)F)cc1)c1ccc(C(=O)N2CCOCC2)cc1. The van der Waals surface area contributed by atoms with Crippen molar-refractivity contribution < 1.29 is 35.9 Å². The minimum absolute atomic E-state index is 0.0907. The summed E-state index contributed by atoms with van der Waals surface area (Å²) in [5.41, 5.74) is -0.250. The maximum Gasteiger partial charge on any atom is 0.416 e. The Morgan fingerprint density at radius 2 is 1.61 bits per heavy atom. The summed E-state index contributed by atoms with van der Waals surface area (Å²) in [6.45, 7) is 1.20. The molecule has 0 spiro atoms. The Balaban J connectivity index is 1.71. The van der Waals surface area contributed by atoms with E-state index in [0.717, 1.165) is 34.8 Å². The first-order valence-electron chi connectivity index (χ1n) is 9.87. The second-order valence-corrected chi connectivity index (χ2v) is 9.25. The molecule has 2 aromatic carbocycles. The number of amides is 2. The summed E-state index contributed by atoms with van der Waals surface area (Å²) >= 11 is 0. The van der Waals surface area contributed by atoms with Gasteiger partial charge in [-0.2, -0.15) is 13.2 Å². The zero-order valence-corrected chi connectivity index (χ0v) is 18.4. The van der Waals surface area contributed by atoms with Crippen LogP contribution in [0.25, 0.3) is 0 Å². The number of ether oxygens (including phenoxy) is 1. The van der Waals surface area contributed by atoms with Crippen LogP contribution in [0.5, 0.6) is 0 Å². The molecule has 2 aromatic rings. The fourth-order valence-electron chi connectivity index (χ4n) is 3.19. The first-order chi connectivity index (χ1) is 15.4. The number of anilines is 2. The number of hydrogen-bond acceptors (Lipinski definition) is 5. The maximum absolute atomic E-state index is 12.7. The van der Waals surface area contributed by atoms with E-state index < -0.39 is 34.2 Å². The molecule has 0 atom stereocenters. The third kappa shape index (κ3) is 6.45. The van der Waals surface area contributed by atoms with Gasteiger partial charge in [-0.05, 0) is 48.5 Å². The van der Waals surface area contributed by atoms with E-state index in [4.69, 9.17) is 4.74 Å². The zero-order chi connectivity index (χ0) is 24.2. The molecule has 1 heterocycles. The lowest BCUT2D eigenvalue weighted by molar-refractivity contribution is -0.137. The number of alkyl halides is 3. The van der Waals surface area contributed by atoms with Crippen LogP contribution < -0.4 is 9.62 Å². The van der Waals surface area contributed by atoms with Gasteiger partial charge in [0.1, 0.15) is 6.54 Å². The van der Waals surface area contributed by atoms with E-state index in [1.54, 1.807) is 4.90 Å². The third-order valence-electron chi connectivity index (χ3n) is 4.88. The number of morpholine rings is 1. The van der Waals surface area contributed by atoms with Crippen molar-refractivity contribution in [3.05, 3.63) is 59.7 Å². The molecule has 0 unspecified atom stereocenters. The number of carbonyl (C=O) groups is 2.